The second-order valence-corrected chi connectivity index (χ2v) is 4.03. The average Bonchev–Trinajstić information content (AvgIpc) is 2.61. The normalized spacial score (nSPS) is 11.0. The Hall–Kier alpha value is -1.76. The third kappa shape index (κ3) is 4.44. The molecule has 0 radical (unpaired) electrons. The van der Waals surface area contributed by atoms with E-state index in [0.717, 1.165) is 12.8 Å². The molecule has 8 heteroatoms. The van der Waals surface area contributed by atoms with E-state index in [4.69, 9.17) is 21.4 Å². The van der Waals surface area contributed by atoms with Gasteiger partial charge in [-0.25, -0.2) is 4.99 Å². The Morgan fingerprint density at radius 1 is 1.42 bits per heavy atom. The van der Waals surface area contributed by atoms with Gasteiger partial charge < -0.3 is 16.0 Å². The maximum absolute atomic E-state index is 7.50. The van der Waals surface area contributed by atoms with Crippen LogP contribution < -0.4 is 11.5 Å². The van der Waals surface area contributed by atoms with Gasteiger partial charge in [0.05, 0.1) is 0 Å². The van der Waals surface area contributed by atoms with E-state index in [1.54, 1.807) is 13.8 Å². The zero-order chi connectivity index (χ0) is 13.7. The summed E-state index contributed by atoms with van der Waals surface area (Å²) in [5.74, 6) is 0.663. The van der Waals surface area contributed by atoms with Crippen molar-refractivity contribution in [3.63, 3.8) is 0 Å². The van der Waals surface area contributed by atoms with E-state index < -0.39 is 0 Å². The lowest BCUT2D eigenvalue weighted by atomic mass is 10.3. The van der Waals surface area contributed by atoms with Crippen molar-refractivity contribution in [1.82, 2.24) is 10.1 Å². The second-order valence-electron chi connectivity index (χ2n) is 4.03. The van der Waals surface area contributed by atoms with Crippen molar-refractivity contribution in [2.45, 2.75) is 33.6 Å². The van der Waals surface area contributed by atoms with Gasteiger partial charge >= 0.3 is 0 Å². The van der Waals surface area contributed by atoms with Gasteiger partial charge in [0.25, 0.3) is 0 Å². The van der Waals surface area contributed by atoms with Crippen LogP contribution in [0.2, 0.25) is 0 Å². The predicted octanol–water partition coefficient (Wildman–Crippen LogP) is 1.66. The SMILES string of the molecule is CCCCN(C(=N)N)C(N)=Nc1c(C)noc1C.Cl. The van der Waals surface area contributed by atoms with E-state index in [-0.39, 0.29) is 24.3 Å². The molecule has 7 nitrogen and oxygen atoms in total. The molecule has 19 heavy (non-hydrogen) atoms. The lowest BCUT2D eigenvalue weighted by Crippen LogP contribution is -2.45. The number of nitrogens with two attached hydrogens (primary N) is 2. The molecule has 0 saturated heterocycles. The molecule has 108 valence electrons. The summed E-state index contributed by atoms with van der Waals surface area (Å²) in [6.45, 7) is 6.17. The number of guanidine groups is 2. The van der Waals surface area contributed by atoms with Crippen molar-refractivity contribution in [3.8, 4) is 0 Å². The monoisotopic (exact) mass is 288 g/mol. The topological polar surface area (TPSA) is 118 Å². The largest absolute Gasteiger partial charge is 0.370 e. The molecule has 0 aliphatic heterocycles. The molecular formula is C11H21ClN6O. The third-order valence-corrected chi connectivity index (χ3v) is 2.52. The van der Waals surface area contributed by atoms with Gasteiger partial charge in [0.15, 0.2) is 11.7 Å². The molecule has 1 rings (SSSR count). The van der Waals surface area contributed by atoms with Crippen molar-refractivity contribution in [2.24, 2.45) is 16.5 Å². The van der Waals surface area contributed by atoms with E-state index in [1.165, 1.54) is 4.90 Å². The molecule has 0 fully saturated rings. The molecular weight excluding hydrogens is 268 g/mol. The second kappa shape index (κ2) is 7.63. The van der Waals surface area contributed by atoms with E-state index in [1.807, 2.05) is 0 Å². The molecule has 1 heterocycles. The summed E-state index contributed by atoms with van der Waals surface area (Å²) in [6, 6.07) is 0. The van der Waals surface area contributed by atoms with Crippen LogP contribution >= 0.6 is 12.4 Å². The Morgan fingerprint density at radius 3 is 2.47 bits per heavy atom. The summed E-state index contributed by atoms with van der Waals surface area (Å²) in [5.41, 5.74) is 12.6. The highest BCUT2D eigenvalue weighted by Gasteiger charge is 2.14. The van der Waals surface area contributed by atoms with Gasteiger partial charge in [0.1, 0.15) is 11.4 Å². The predicted molar refractivity (Wildman–Crippen MR) is 78.0 cm³/mol. The number of aliphatic imine (C=N–C) groups is 1. The zero-order valence-electron chi connectivity index (χ0n) is 11.4. The number of halogens is 1. The van der Waals surface area contributed by atoms with Crippen molar-refractivity contribution < 1.29 is 4.52 Å². The highest BCUT2D eigenvalue weighted by atomic mass is 35.5. The Balaban J connectivity index is 0.00000324. The maximum Gasteiger partial charge on any atom is 0.203 e. The van der Waals surface area contributed by atoms with Gasteiger partial charge in [0, 0.05) is 6.54 Å². The lowest BCUT2D eigenvalue weighted by Gasteiger charge is -2.20. The number of hydrogen-bond donors (Lipinski definition) is 3. The average molecular weight is 289 g/mol. The van der Waals surface area contributed by atoms with Gasteiger partial charge in [-0.15, -0.1) is 12.4 Å². The summed E-state index contributed by atoms with van der Waals surface area (Å²) in [7, 11) is 0. The molecule has 1 aromatic rings. The first-order chi connectivity index (χ1) is 8.47. The van der Waals surface area contributed by atoms with Gasteiger partial charge in [-0.2, -0.15) is 0 Å². The minimum Gasteiger partial charge on any atom is -0.370 e. The van der Waals surface area contributed by atoms with Crippen LogP contribution in [0.5, 0.6) is 0 Å². The Morgan fingerprint density at radius 2 is 2.05 bits per heavy atom. The molecule has 0 aromatic carbocycles. The zero-order valence-corrected chi connectivity index (χ0v) is 12.3. The first-order valence-electron chi connectivity index (χ1n) is 5.86. The van der Waals surface area contributed by atoms with Gasteiger partial charge in [-0.3, -0.25) is 10.3 Å². The summed E-state index contributed by atoms with van der Waals surface area (Å²) in [6.07, 6.45) is 1.87. The highest BCUT2D eigenvalue weighted by Crippen LogP contribution is 2.22. The number of aryl methyl sites for hydroxylation is 2. The van der Waals surface area contributed by atoms with Crippen LogP contribution in [0.4, 0.5) is 5.69 Å². The third-order valence-electron chi connectivity index (χ3n) is 2.52. The fourth-order valence-electron chi connectivity index (χ4n) is 1.49. The molecule has 0 aliphatic rings. The van der Waals surface area contributed by atoms with Crippen LogP contribution in [0, 0.1) is 19.3 Å². The number of rotatable bonds is 4. The number of nitrogens with zero attached hydrogens (tertiary/aromatic N) is 3. The summed E-state index contributed by atoms with van der Waals surface area (Å²) in [5, 5.41) is 11.3. The first kappa shape index (κ1) is 17.2. The number of aromatic nitrogens is 1. The molecule has 1 aromatic heterocycles. The molecule has 0 bridgehead atoms. The Labute approximate surface area is 118 Å². The minimum atomic E-state index is -0.114. The number of hydrogen-bond acceptors (Lipinski definition) is 4. The van der Waals surface area contributed by atoms with Crippen molar-refractivity contribution >= 4 is 30.0 Å². The van der Waals surface area contributed by atoms with Gasteiger partial charge in [0.2, 0.25) is 5.96 Å². The Bertz CT molecular complexity index is 437. The van der Waals surface area contributed by atoms with Gasteiger partial charge in [-0.05, 0) is 20.3 Å². The standard InChI is InChI=1S/C11H20N6O.ClH/c1-4-5-6-17(10(12)13)11(14)15-9-7(2)16-18-8(9)3;/h4-6H2,1-3H3,(H3,12,13)(H2,14,15);1H. The number of nitrogens with one attached hydrogen (secondary N) is 1. The lowest BCUT2D eigenvalue weighted by molar-refractivity contribution is 0.393. The fourth-order valence-corrected chi connectivity index (χ4v) is 1.49. The van der Waals surface area contributed by atoms with Crippen molar-refractivity contribution in [2.75, 3.05) is 6.54 Å². The van der Waals surface area contributed by atoms with Crippen LogP contribution in [0.25, 0.3) is 0 Å². The molecule has 5 N–H and O–H groups in total. The fraction of sp³-hybridized carbons (Fsp3) is 0.545. The molecule has 0 atom stereocenters. The number of unbranched alkanes of at least 4 members (excludes halogenated alkanes) is 1. The minimum absolute atomic E-state index is 0. The van der Waals surface area contributed by atoms with E-state index in [2.05, 4.69) is 17.1 Å². The molecule has 0 spiro atoms. The van der Waals surface area contributed by atoms with E-state index >= 15 is 0 Å². The summed E-state index contributed by atoms with van der Waals surface area (Å²) < 4.78 is 5.00. The van der Waals surface area contributed by atoms with Crippen LogP contribution in [0.3, 0.4) is 0 Å². The van der Waals surface area contributed by atoms with Gasteiger partial charge in [-0.1, -0.05) is 18.5 Å². The van der Waals surface area contributed by atoms with Crippen molar-refractivity contribution in [3.05, 3.63) is 11.5 Å². The molecule has 0 saturated carbocycles. The quantitative estimate of drug-likeness (QED) is 0.575. The summed E-state index contributed by atoms with van der Waals surface area (Å²) >= 11 is 0. The highest BCUT2D eigenvalue weighted by molar-refractivity contribution is 5.97. The van der Waals surface area contributed by atoms with E-state index in [0.29, 0.717) is 23.7 Å². The van der Waals surface area contributed by atoms with Crippen LogP contribution in [0.1, 0.15) is 31.2 Å². The Kier molecular flexibility index (Phi) is 6.92. The molecule has 0 unspecified atom stereocenters. The summed E-state index contributed by atoms with van der Waals surface area (Å²) in [4.78, 5) is 5.70. The maximum atomic E-state index is 7.50. The van der Waals surface area contributed by atoms with Crippen molar-refractivity contribution in [1.29, 1.82) is 5.41 Å². The molecule has 0 amide bonds. The van der Waals surface area contributed by atoms with E-state index in [9.17, 15) is 0 Å². The van der Waals surface area contributed by atoms with Crippen LogP contribution in [-0.4, -0.2) is 28.5 Å². The molecule has 0 aliphatic carbocycles. The first-order valence-corrected chi connectivity index (χ1v) is 5.86. The van der Waals surface area contributed by atoms with Crippen LogP contribution in [0.15, 0.2) is 9.52 Å². The van der Waals surface area contributed by atoms with Crippen LogP contribution in [-0.2, 0) is 0 Å². The smallest absolute Gasteiger partial charge is 0.203 e.